The normalized spacial score (nSPS) is 10.6. The molecule has 0 fully saturated rings. The standard InChI is InChI=1S/C17H18FN5O2/c1-23-8-7-14(22-23)11-25-17-19-9-15(18)16(21-17)20-12-24-10-13-5-3-2-4-6-13/h2-9H,10-12H2,1H3,(H,19,20,21). The van der Waals surface area contributed by atoms with Crippen molar-refractivity contribution in [2.75, 3.05) is 12.0 Å². The van der Waals surface area contributed by atoms with E-state index in [-0.39, 0.29) is 25.2 Å². The number of aryl methyl sites for hydroxylation is 1. The van der Waals surface area contributed by atoms with Crippen molar-refractivity contribution in [3.8, 4) is 6.01 Å². The number of nitrogens with one attached hydrogen (secondary N) is 1. The second-order valence-electron chi connectivity index (χ2n) is 5.27. The van der Waals surface area contributed by atoms with Crippen LogP contribution in [0.15, 0.2) is 48.8 Å². The highest BCUT2D eigenvalue weighted by molar-refractivity contribution is 5.35. The van der Waals surface area contributed by atoms with Crippen molar-refractivity contribution in [1.29, 1.82) is 0 Å². The highest BCUT2D eigenvalue weighted by atomic mass is 19.1. The Morgan fingerprint density at radius 3 is 2.76 bits per heavy atom. The Balaban J connectivity index is 1.50. The molecule has 7 nitrogen and oxygen atoms in total. The number of ether oxygens (including phenoxy) is 2. The molecular weight excluding hydrogens is 325 g/mol. The first-order valence-corrected chi connectivity index (χ1v) is 7.70. The molecule has 3 aromatic rings. The van der Waals surface area contributed by atoms with Gasteiger partial charge in [0.2, 0.25) is 0 Å². The van der Waals surface area contributed by atoms with E-state index in [9.17, 15) is 4.39 Å². The maximum atomic E-state index is 13.8. The van der Waals surface area contributed by atoms with Crippen molar-refractivity contribution in [3.05, 3.63) is 65.9 Å². The lowest BCUT2D eigenvalue weighted by atomic mass is 10.2. The number of aromatic nitrogens is 4. The highest BCUT2D eigenvalue weighted by Crippen LogP contribution is 2.14. The quantitative estimate of drug-likeness (QED) is 0.500. The Bertz CT molecular complexity index is 810. The molecule has 0 bridgehead atoms. The van der Waals surface area contributed by atoms with E-state index in [2.05, 4.69) is 20.4 Å². The van der Waals surface area contributed by atoms with Gasteiger partial charge in [-0.25, -0.2) is 9.37 Å². The zero-order valence-corrected chi connectivity index (χ0v) is 13.7. The third kappa shape index (κ3) is 4.98. The molecule has 0 spiro atoms. The van der Waals surface area contributed by atoms with Gasteiger partial charge >= 0.3 is 6.01 Å². The second-order valence-corrected chi connectivity index (χ2v) is 5.27. The largest absolute Gasteiger partial charge is 0.457 e. The lowest BCUT2D eigenvalue weighted by molar-refractivity contribution is 0.138. The van der Waals surface area contributed by atoms with Crippen molar-refractivity contribution in [1.82, 2.24) is 19.7 Å². The summed E-state index contributed by atoms with van der Waals surface area (Å²) in [6.45, 7) is 0.739. The number of hydrogen-bond donors (Lipinski definition) is 1. The van der Waals surface area contributed by atoms with Crippen LogP contribution in [0.2, 0.25) is 0 Å². The van der Waals surface area contributed by atoms with Crippen molar-refractivity contribution >= 4 is 5.82 Å². The fraction of sp³-hybridized carbons (Fsp3) is 0.235. The molecule has 0 amide bonds. The summed E-state index contributed by atoms with van der Waals surface area (Å²) in [4.78, 5) is 7.82. The van der Waals surface area contributed by atoms with Gasteiger partial charge < -0.3 is 14.8 Å². The summed E-state index contributed by atoms with van der Waals surface area (Å²) >= 11 is 0. The number of hydrogen-bond acceptors (Lipinski definition) is 6. The van der Waals surface area contributed by atoms with Crippen molar-refractivity contribution in [3.63, 3.8) is 0 Å². The maximum Gasteiger partial charge on any atom is 0.318 e. The lowest BCUT2D eigenvalue weighted by Crippen LogP contribution is -2.10. The van der Waals surface area contributed by atoms with Crippen LogP contribution >= 0.6 is 0 Å². The van der Waals surface area contributed by atoms with E-state index in [0.29, 0.717) is 6.61 Å². The molecule has 8 heteroatoms. The van der Waals surface area contributed by atoms with Gasteiger partial charge in [-0.05, 0) is 11.6 Å². The Labute approximate surface area is 144 Å². The van der Waals surface area contributed by atoms with Crippen LogP contribution in [0.4, 0.5) is 10.2 Å². The molecule has 2 heterocycles. The average molecular weight is 343 g/mol. The molecule has 3 rings (SSSR count). The minimum Gasteiger partial charge on any atom is -0.457 e. The zero-order chi connectivity index (χ0) is 17.5. The monoisotopic (exact) mass is 343 g/mol. The van der Waals surface area contributed by atoms with Crippen LogP contribution in [-0.2, 0) is 25.0 Å². The smallest absolute Gasteiger partial charge is 0.318 e. The first-order valence-electron chi connectivity index (χ1n) is 7.70. The molecule has 0 aliphatic rings. The number of nitrogens with zero attached hydrogens (tertiary/aromatic N) is 4. The van der Waals surface area contributed by atoms with E-state index in [0.717, 1.165) is 17.5 Å². The molecule has 25 heavy (non-hydrogen) atoms. The fourth-order valence-electron chi connectivity index (χ4n) is 2.09. The predicted molar refractivity (Wildman–Crippen MR) is 89.3 cm³/mol. The van der Waals surface area contributed by atoms with Gasteiger partial charge in [0, 0.05) is 13.2 Å². The first kappa shape index (κ1) is 16.8. The summed E-state index contributed by atoms with van der Waals surface area (Å²) in [6, 6.07) is 11.6. The molecule has 0 unspecified atom stereocenters. The number of anilines is 1. The Morgan fingerprint density at radius 2 is 2.00 bits per heavy atom. The van der Waals surface area contributed by atoms with E-state index in [1.165, 1.54) is 0 Å². The predicted octanol–water partition coefficient (Wildman–Crippen LogP) is 2.51. The Kier molecular flexibility index (Phi) is 5.53. The van der Waals surface area contributed by atoms with Crippen LogP contribution < -0.4 is 10.1 Å². The summed E-state index contributed by atoms with van der Waals surface area (Å²) in [6.07, 6.45) is 2.86. The van der Waals surface area contributed by atoms with Gasteiger partial charge in [0.05, 0.1) is 18.5 Å². The van der Waals surface area contributed by atoms with Crippen molar-refractivity contribution in [2.45, 2.75) is 13.2 Å². The molecule has 0 aliphatic heterocycles. The second kappa shape index (κ2) is 8.20. The Hall–Kier alpha value is -3.00. The van der Waals surface area contributed by atoms with E-state index >= 15 is 0 Å². The van der Waals surface area contributed by atoms with Gasteiger partial charge in [-0.2, -0.15) is 10.1 Å². The molecular formula is C17H18FN5O2. The van der Waals surface area contributed by atoms with E-state index in [1.54, 1.807) is 10.9 Å². The molecule has 0 saturated heterocycles. The lowest BCUT2D eigenvalue weighted by Gasteiger charge is -2.09. The number of rotatable bonds is 8. The van der Waals surface area contributed by atoms with Crippen molar-refractivity contribution < 1.29 is 13.9 Å². The van der Waals surface area contributed by atoms with Gasteiger partial charge in [0.1, 0.15) is 13.3 Å². The van der Waals surface area contributed by atoms with Crippen molar-refractivity contribution in [2.24, 2.45) is 7.05 Å². The molecule has 0 atom stereocenters. The summed E-state index contributed by atoms with van der Waals surface area (Å²) < 4.78 is 26.3. The first-order chi connectivity index (χ1) is 12.2. The van der Waals surface area contributed by atoms with E-state index < -0.39 is 5.82 Å². The SMILES string of the molecule is Cn1ccc(COc2ncc(F)c(NCOCc3ccccc3)n2)n1. The van der Waals surface area contributed by atoms with Crippen LogP contribution in [0.3, 0.4) is 0 Å². The van der Waals surface area contributed by atoms with E-state index in [4.69, 9.17) is 9.47 Å². The number of halogens is 1. The topological polar surface area (TPSA) is 74.1 Å². The molecule has 1 N–H and O–H groups in total. The van der Waals surface area contributed by atoms with Gasteiger partial charge in [0.25, 0.3) is 0 Å². The van der Waals surface area contributed by atoms with Gasteiger partial charge in [0.15, 0.2) is 11.6 Å². The van der Waals surface area contributed by atoms with Crippen LogP contribution in [0.1, 0.15) is 11.3 Å². The summed E-state index contributed by atoms with van der Waals surface area (Å²) in [7, 11) is 1.81. The van der Waals surface area contributed by atoms with Gasteiger partial charge in [-0.1, -0.05) is 30.3 Å². The highest BCUT2D eigenvalue weighted by Gasteiger charge is 2.08. The zero-order valence-electron chi connectivity index (χ0n) is 13.7. The van der Waals surface area contributed by atoms with Gasteiger partial charge in [-0.3, -0.25) is 4.68 Å². The van der Waals surface area contributed by atoms with Crippen LogP contribution in [0.5, 0.6) is 6.01 Å². The Morgan fingerprint density at radius 1 is 1.16 bits per heavy atom. The maximum absolute atomic E-state index is 13.8. The minimum absolute atomic E-state index is 0.0269. The summed E-state index contributed by atoms with van der Waals surface area (Å²) in [5.41, 5.74) is 1.77. The molecule has 0 radical (unpaired) electrons. The van der Waals surface area contributed by atoms with Crippen LogP contribution in [-0.4, -0.2) is 26.5 Å². The van der Waals surface area contributed by atoms with Crippen LogP contribution in [0.25, 0.3) is 0 Å². The molecule has 2 aromatic heterocycles. The minimum atomic E-state index is -0.575. The van der Waals surface area contributed by atoms with Crippen LogP contribution in [0, 0.1) is 5.82 Å². The molecule has 1 aromatic carbocycles. The molecule has 0 aliphatic carbocycles. The molecule has 130 valence electrons. The number of benzene rings is 1. The molecule has 0 saturated carbocycles. The summed E-state index contributed by atoms with van der Waals surface area (Å²) in [5, 5.41) is 6.96. The third-order valence-electron chi connectivity index (χ3n) is 3.29. The summed E-state index contributed by atoms with van der Waals surface area (Å²) in [5.74, 6) is -0.549. The third-order valence-corrected chi connectivity index (χ3v) is 3.29. The average Bonchev–Trinajstić information content (AvgIpc) is 3.05. The van der Waals surface area contributed by atoms with Gasteiger partial charge in [-0.15, -0.1) is 0 Å². The van der Waals surface area contributed by atoms with E-state index in [1.807, 2.05) is 43.4 Å². The fourth-order valence-corrected chi connectivity index (χ4v) is 2.09.